The fraction of sp³-hybridized carbons (Fsp3) is 0.935. The van der Waals surface area contributed by atoms with Crippen molar-refractivity contribution in [3.63, 3.8) is 0 Å². The van der Waals surface area contributed by atoms with Crippen molar-refractivity contribution in [2.45, 2.75) is 142 Å². The molecule has 0 aromatic carbocycles. The summed E-state index contributed by atoms with van der Waals surface area (Å²) in [6, 6.07) is 0. The van der Waals surface area contributed by atoms with Crippen LogP contribution in [-0.2, 0) is 0 Å². The van der Waals surface area contributed by atoms with E-state index in [4.69, 9.17) is 0 Å². The summed E-state index contributed by atoms with van der Waals surface area (Å²) in [7, 11) is 0. The summed E-state index contributed by atoms with van der Waals surface area (Å²) >= 11 is 0. The maximum Gasteiger partial charge on any atom is 0.0682 e. The predicted molar refractivity (Wildman–Crippen MR) is 137 cm³/mol. The SMILES string of the molecule is CC[C@]1(O)CC[C@@]2(C)C(=CC[C@H]3[C@@H]4CC[C@H]([C@H](C)CCC5(O)CCCCC5)[C@@]4(C)CC[C@@H]32)C1. The summed E-state index contributed by atoms with van der Waals surface area (Å²) in [4.78, 5) is 0. The number of hydrogen-bond donors (Lipinski definition) is 2. The zero-order chi connectivity index (χ0) is 23.5. The first kappa shape index (κ1) is 24.4. The van der Waals surface area contributed by atoms with Crippen molar-refractivity contribution in [1.82, 2.24) is 0 Å². The highest BCUT2D eigenvalue weighted by Crippen LogP contribution is 2.68. The lowest BCUT2D eigenvalue weighted by atomic mass is 9.46. The first-order chi connectivity index (χ1) is 15.6. The zero-order valence-electron chi connectivity index (χ0n) is 22.2. The lowest BCUT2D eigenvalue weighted by Gasteiger charge is -2.59. The Hall–Kier alpha value is -0.340. The Balaban J connectivity index is 1.29. The van der Waals surface area contributed by atoms with Crippen LogP contribution in [-0.4, -0.2) is 21.4 Å². The average molecular weight is 457 g/mol. The molecular weight excluding hydrogens is 404 g/mol. The highest BCUT2D eigenvalue weighted by molar-refractivity contribution is 5.27. The predicted octanol–water partition coefficient (Wildman–Crippen LogP) is 7.82. The van der Waals surface area contributed by atoms with Crippen molar-refractivity contribution in [1.29, 1.82) is 0 Å². The van der Waals surface area contributed by atoms with Crippen molar-refractivity contribution in [2.24, 2.45) is 40.4 Å². The molecule has 4 fully saturated rings. The minimum absolute atomic E-state index is 0.333. The Kier molecular flexibility index (Phi) is 6.38. The van der Waals surface area contributed by atoms with Crippen LogP contribution >= 0.6 is 0 Å². The molecule has 8 atom stereocenters. The number of hydrogen-bond acceptors (Lipinski definition) is 2. The van der Waals surface area contributed by atoms with Gasteiger partial charge in [-0.25, -0.2) is 0 Å². The van der Waals surface area contributed by atoms with Crippen LogP contribution in [0.1, 0.15) is 130 Å². The lowest BCUT2D eigenvalue weighted by molar-refractivity contribution is -0.0768. The van der Waals surface area contributed by atoms with E-state index in [2.05, 4.69) is 33.8 Å². The fourth-order valence-corrected chi connectivity index (χ4v) is 10.1. The van der Waals surface area contributed by atoms with E-state index in [1.807, 2.05) is 0 Å². The standard InChI is InChI=1S/C31H52O2/c1-5-30(32)20-19-28(3)23(21-30)9-10-24-26-12-11-25(29(26,4)17-14-27(24)28)22(2)13-18-31(33)15-7-6-8-16-31/h9,22,24-27,32-33H,5-8,10-21H2,1-4H3/t22-,24+,25-,26+,27+,28+,29-,30+/m1/s1. The summed E-state index contributed by atoms with van der Waals surface area (Å²) in [6.07, 6.45) is 21.6. The van der Waals surface area contributed by atoms with Crippen molar-refractivity contribution < 1.29 is 10.2 Å². The van der Waals surface area contributed by atoms with E-state index in [1.165, 1.54) is 64.2 Å². The second-order valence-corrected chi connectivity index (χ2v) is 14.0. The molecule has 0 amide bonds. The quantitative estimate of drug-likeness (QED) is 0.414. The van der Waals surface area contributed by atoms with E-state index in [0.29, 0.717) is 10.8 Å². The third kappa shape index (κ3) is 4.08. The van der Waals surface area contributed by atoms with Crippen LogP contribution in [0.25, 0.3) is 0 Å². The van der Waals surface area contributed by atoms with E-state index < -0.39 is 5.60 Å². The number of aliphatic hydroxyl groups is 2. The maximum atomic E-state index is 11.1. The molecule has 0 unspecified atom stereocenters. The van der Waals surface area contributed by atoms with Gasteiger partial charge in [0.15, 0.2) is 0 Å². The Morgan fingerprint density at radius 3 is 2.39 bits per heavy atom. The Morgan fingerprint density at radius 2 is 1.67 bits per heavy atom. The van der Waals surface area contributed by atoms with Crippen LogP contribution < -0.4 is 0 Å². The van der Waals surface area contributed by atoms with Gasteiger partial charge < -0.3 is 10.2 Å². The van der Waals surface area contributed by atoms with E-state index >= 15 is 0 Å². The van der Waals surface area contributed by atoms with E-state index in [9.17, 15) is 10.2 Å². The van der Waals surface area contributed by atoms with Crippen molar-refractivity contribution in [2.75, 3.05) is 0 Å². The number of allylic oxidation sites excluding steroid dienone is 1. The molecule has 5 rings (SSSR count). The van der Waals surface area contributed by atoms with Gasteiger partial charge in [0.25, 0.3) is 0 Å². The first-order valence-electron chi connectivity index (χ1n) is 14.8. The second kappa shape index (κ2) is 8.65. The second-order valence-electron chi connectivity index (χ2n) is 14.0. The molecule has 2 nitrogen and oxygen atoms in total. The summed E-state index contributed by atoms with van der Waals surface area (Å²) in [5.41, 5.74) is 1.63. The summed E-state index contributed by atoms with van der Waals surface area (Å²) in [5, 5.41) is 22.1. The topological polar surface area (TPSA) is 40.5 Å². The minimum atomic E-state index is -0.447. The molecule has 0 aliphatic heterocycles. The third-order valence-electron chi connectivity index (χ3n) is 12.5. The van der Waals surface area contributed by atoms with Crippen LogP contribution in [0.5, 0.6) is 0 Å². The summed E-state index contributed by atoms with van der Waals surface area (Å²) in [6.45, 7) is 9.90. The monoisotopic (exact) mass is 456 g/mol. The molecule has 0 aromatic heterocycles. The highest BCUT2D eigenvalue weighted by atomic mass is 16.3. The summed E-state index contributed by atoms with van der Waals surface area (Å²) in [5.74, 6) is 4.13. The molecule has 33 heavy (non-hydrogen) atoms. The van der Waals surface area contributed by atoms with Crippen LogP contribution in [0, 0.1) is 40.4 Å². The van der Waals surface area contributed by atoms with Gasteiger partial charge in [0.1, 0.15) is 0 Å². The molecule has 5 aliphatic carbocycles. The smallest absolute Gasteiger partial charge is 0.0682 e. The van der Waals surface area contributed by atoms with E-state index in [0.717, 1.165) is 68.1 Å². The van der Waals surface area contributed by atoms with E-state index in [-0.39, 0.29) is 5.60 Å². The molecule has 2 heteroatoms. The Labute approximate surface area is 204 Å². The Bertz CT molecular complexity index is 750. The third-order valence-corrected chi connectivity index (χ3v) is 12.5. The molecule has 0 bridgehead atoms. The van der Waals surface area contributed by atoms with Crippen LogP contribution in [0.3, 0.4) is 0 Å². The van der Waals surface area contributed by atoms with Gasteiger partial charge in [-0.3, -0.25) is 0 Å². The van der Waals surface area contributed by atoms with Crippen LogP contribution in [0.4, 0.5) is 0 Å². The van der Waals surface area contributed by atoms with Gasteiger partial charge in [0.2, 0.25) is 0 Å². The zero-order valence-corrected chi connectivity index (χ0v) is 22.2. The normalized spacial score (nSPS) is 47.8. The molecule has 2 N–H and O–H groups in total. The molecule has 5 aliphatic rings. The molecule has 0 heterocycles. The van der Waals surface area contributed by atoms with Gasteiger partial charge in [-0.1, -0.05) is 58.6 Å². The van der Waals surface area contributed by atoms with Crippen LogP contribution in [0.2, 0.25) is 0 Å². The Morgan fingerprint density at radius 1 is 0.909 bits per heavy atom. The van der Waals surface area contributed by atoms with Crippen molar-refractivity contribution in [3.05, 3.63) is 11.6 Å². The minimum Gasteiger partial charge on any atom is -0.390 e. The van der Waals surface area contributed by atoms with Crippen LogP contribution in [0.15, 0.2) is 11.6 Å². The fourth-order valence-electron chi connectivity index (χ4n) is 10.1. The van der Waals surface area contributed by atoms with Gasteiger partial charge in [-0.2, -0.15) is 0 Å². The molecular formula is C31H52O2. The van der Waals surface area contributed by atoms with Crippen molar-refractivity contribution >= 4 is 0 Å². The lowest BCUT2D eigenvalue weighted by Crippen LogP contribution is -2.52. The number of fused-ring (bicyclic) bond motifs is 5. The largest absolute Gasteiger partial charge is 0.390 e. The van der Waals surface area contributed by atoms with Gasteiger partial charge in [0.05, 0.1) is 11.2 Å². The van der Waals surface area contributed by atoms with E-state index in [1.54, 1.807) is 5.57 Å². The van der Waals surface area contributed by atoms with Gasteiger partial charge in [-0.05, 0) is 124 Å². The molecule has 188 valence electrons. The number of rotatable bonds is 5. The molecule has 0 radical (unpaired) electrons. The van der Waals surface area contributed by atoms with Gasteiger partial charge in [-0.15, -0.1) is 0 Å². The summed E-state index contributed by atoms with van der Waals surface area (Å²) < 4.78 is 0. The average Bonchev–Trinajstić information content (AvgIpc) is 3.16. The van der Waals surface area contributed by atoms with Gasteiger partial charge in [0, 0.05) is 0 Å². The molecule has 0 saturated heterocycles. The van der Waals surface area contributed by atoms with Crippen molar-refractivity contribution in [3.8, 4) is 0 Å². The first-order valence-corrected chi connectivity index (χ1v) is 14.8. The maximum absolute atomic E-state index is 11.1. The molecule has 0 spiro atoms. The van der Waals surface area contributed by atoms with Gasteiger partial charge >= 0.3 is 0 Å². The molecule has 4 saturated carbocycles. The molecule has 0 aromatic rings. The highest BCUT2D eigenvalue weighted by Gasteiger charge is 2.59.